The second-order valence-electron chi connectivity index (χ2n) is 4.61. The van der Waals surface area contributed by atoms with E-state index in [4.69, 9.17) is 4.74 Å². The van der Waals surface area contributed by atoms with Gasteiger partial charge in [-0.15, -0.1) is 0 Å². The summed E-state index contributed by atoms with van der Waals surface area (Å²) in [7, 11) is 0. The van der Waals surface area contributed by atoms with Gasteiger partial charge in [-0.3, -0.25) is 0 Å². The first kappa shape index (κ1) is 17.0. The van der Waals surface area contributed by atoms with Crippen LogP contribution in [0.3, 0.4) is 0 Å². The lowest BCUT2D eigenvalue weighted by Gasteiger charge is -2.20. The topological polar surface area (TPSA) is 21.3 Å². The van der Waals surface area contributed by atoms with Crippen LogP contribution in [0.15, 0.2) is 12.1 Å². The second kappa shape index (κ2) is 8.97. The fourth-order valence-corrected chi connectivity index (χ4v) is 2.03. The predicted molar refractivity (Wildman–Crippen MR) is 73.1 cm³/mol. The van der Waals surface area contributed by atoms with Crippen LogP contribution in [0.5, 0.6) is 0 Å². The van der Waals surface area contributed by atoms with Crippen molar-refractivity contribution in [2.45, 2.75) is 39.2 Å². The van der Waals surface area contributed by atoms with Gasteiger partial charge in [0.2, 0.25) is 0 Å². The van der Waals surface area contributed by atoms with Crippen molar-refractivity contribution in [3.63, 3.8) is 0 Å². The zero-order valence-electron chi connectivity index (χ0n) is 12.0. The molecule has 0 fully saturated rings. The van der Waals surface area contributed by atoms with Crippen LogP contribution in [0, 0.1) is 17.5 Å². The molecule has 0 aliphatic carbocycles. The third-order valence-electron chi connectivity index (χ3n) is 3.07. The smallest absolute Gasteiger partial charge is 0.194 e. The third kappa shape index (κ3) is 4.80. The number of halogens is 3. The molecule has 0 spiro atoms. The quantitative estimate of drug-likeness (QED) is 0.549. The summed E-state index contributed by atoms with van der Waals surface area (Å²) in [6.07, 6.45) is 2.23. The fraction of sp³-hybridized carbons (Fsp3) is 0.600. The third-order valence-corrected chi connectivity index (χ3v) is 3.07. The molecular weight excluding hydrogens is 267 g/mol. The van der Waals surface area contributed by atoms with Crippen molar-refractivity contribution in [3.8, 4) is 0 Å². The lowest BCUT2D eigenvalue weighted by Crippen LogP contribution is -2.24. The molecule has 1 aromatic rings. The highest BCUT2D eigenvalue weighted by molar-refractivity contribution is 5.23. The summed E-state index contributed by atoms with van der Waals surface area (Å²) < 4.78 is 45.4. The van der Waals surface area contributed by atoms with E-state index < -0.39 is 17.5 Å². The highest BCUT2D eigenvalue weighted by Gasteiger charge is 2.20. The SMILES string of the molecule is CCCNC(CCCOCC)c1ccc(F)c(F)c1F. The molecule has 1 N–H and O–H groups in total. The van der Waals surface area contributed by atoms with Crippen molar-refractivity contribution in [1.82, 2.24) is 5.32 Å². The molecular formula is C15H22F3NO. The van der Waals surface area contributed by atoms with Gasteiger partial charge in [0.1, 0.15) is 0 Å². The number of benzene rings is 1. The predicted octanol–water partition coefficient (Wildman–Crippen LogP) is 3.96. The lowest BCUT2D eigenvalue weighted by molar-refractivity contribution is 0.140. The maximum atomic E-state index is 13.8. The Kier molecular flexibility index (Phi) is 7.62. The molecule has 20 heavy (non-hydrogen) atoms. The standard InChI is InChI=1S/C15H22F3NO/c1-3-9-19-13(6-5-10-20-4-2)11-7-8-12(16)15(18)14(11)17/h7-8,13,19H,3-6,9-10H2,1-2H3. The first-order chi connectivity index (χ1) is 9.61. The summed E-state index contributed by atoms with van der Waals surface area (Å²) in [5, 5.41) is 3.17. The number of hydrogen-bond acceptors (Lipinski definition) is 2. The minimum atomic E-state index is -1.41. The van der Waals surface area contributed by atoms with Crippen LogP contribution >= 0.6 is 0 Å². The Hall–Kier alpha value is -1.07. The molecule has 1 rings (SSSR count). The lowest BCUT2D eigenvalue weighted by atomic mass is 10.0. The summed E-state index contributed by atoms with van der Waals surface area (Å²) in [5.41, 5.74) is 0.175. The van der Waals surface area contributed by atoms with E-state index >= 15 is 0 Å². The molecule has 0 radical (unpaired) electrons. The van der Waals surface area contributed by atoms with Crippen molar-refractivity contribution < 1.29 is 17.9 Å². The first-order valence-electron chi connectivity index (χ1n) is 7.06. The van der Waals surface area contributed by atoms with E-state index in [2.05, 4.69) is 5.32 Å². The Morgan fingerprint density at radius 2 is 1.90 bits per heavy atom. The van der Waals surface area contributed by atoms with Gasteiger partial charge in [0, 0.05) is 24.8 Å². The van der Waals surface area contributed by atoms with Gasteiger partial charge in [-0.05, 0) is 38.8 Å². The van der Waals surface area contributed by atoms with Gasteiger partial charge in [0.05, 0.1) is 0 Å². The summed E-state index contributed by atoms with van der Waals surface area (Å²) in [6, 6.07) is 1.95. The van der Waals surface area contributed by atoms with Gasteiger partial charge in [0.25, 0.3) is 0 Å². The zero-order chi connectivity index (χ0) is 15.0. The van der Waals surface area contributed by atoms with Gasteiger partial charge in [0.15, 0.2) is 17.5 Å². The molecule has 5 heteroatoms. The molecule has 0 saturated carbocycles. The van der Waals surface area contributed by atoms with Crippen LogP contribution in [0.2, 0.25) is 0 Å². The van der Waals surface area contributed by atoms with Gasteiger partial charge in [-0.25, -0.2) is 13.2 Å². The fourth-order valence-electron chi connectivity index (χ4n) is 2.03. The van der Waals surface area contributed by atoms with Crippen molar-refractivity contribution in [1.29, 1.82) is 0 Å². The van der Waals surface area contributed by atoms with Gasteiger partial charge in [-0.2, -0.15) is 0 Å². The molecule has 0 bridgehead atoms. The summed E-state index contributed by atoms with van der Waals surface area (Å²) in [6.45, 7) is 5.80. The van der Waals surface area contributed by atoms with E-state index in [9.17, 15) is 13.2 Å². The molecule has 114 valence electrons. The molecule has 0 saturated heterocycles. The largest absolute Gasteiger partial charge is 0.382 e. The van der Waals surface area contributed by atoms with Crippen molar-refractivity contribution in [2.75, 3.05) is 19.8 Å². The highest BCUT2D eigenvalue weighted by atomic mass is 19.2. The molecule has 1 atom stereocenters. The van der Waals surface area contributed by atoms with Crippen molar-refractivity contribution in [3.05, 3.63) is 35.1 Å². The van der Waals surface area contributed by atoms with Crippen LogP contribution < -0.4 is 5.32 Å². The van der Waals surface area contributed by atoms with E-state index in [-0.39, 0.29) is 11.6 Å². The Labute approximate surface area is 118 Å². The van der Waals surface area contributed by atoms with Crippen LogP contribution in [0.25, 0.3) is 0 Å². The Morgan fingerprint density at radius 1 is 1.15 bits per heavy atom. The van der Waals surface area contributed by atoms with Crippen molar-refractivity contribution >= 4 is 0 Å². The monoisotopic (exact) mass is 289 g/mol. The molecule has 0 aromatic heterocycles. The maximum absolute atomic E-state index is 13.8. The second-order valence-corrected chi connectivity index (χ2v) is 4.61. The van der Waals surface area contributed by atoms with E-state index in [1.165, 1.54) is 6.07 Å². The highest BCUT2D eigenvalue weighted by Crippen LogP contribution is 2.24. The maximum Gasteiger partial charge on any atom is 0.194 e. The Morgan fingerprint density at radius 3 is 2.55 bits per heavy atom. The summed E-state index contributed by atoms with van der Waals surface area (Å²) >= 11 is 0. The van der Waals surface area contributed by atoms with Gasteiger partial charge < -0.3 is 10.1 Å². The summed E-state index contributed by atoms with van der Waals surface area (Å²) in [5.74, 6) is -3.67. The van der Waals surface area contributed by atoms with Gasteiger partial charge >= 0.3 is 0 Å². The molecule has 1 aromatic carbocycles. The average Bonchev–Trinajstić information content (AvgIpc) is 2.45. The molecule has 0 heterocycles. The van der Waals surface area contributed by atoms with Crippen LogP contribution in [-0.2, 0) is 4.74 Å². The van der Waals surface area contributed by atoms with Crippen LogP contribution in [0.4, 0.5) is 13.2 Å². The minimum absolute atomic E-state index is 0.175. The number of hydrogen-bond donors (Lipinski definition) is 1. The van der Waals surface area contributed by atoms with Gasteiger partial charge in [-0.1, -0.05) is 13.0 Å². The molecule has 0 aliphatic heterocycles. The summed E-state index contributed by atoms with van der Waals surface area (Å²) in [4.78, 5) is 0. The van der Waals surface area contributed by atoms with Crippen LogP contribution in [0.1, 0.15) is 44.7 Å². The Balaban J connectivity index is 2.78. The van der Waals surface area contributed by atoms with E-state index in [0.717, 1.165) is 18.9 Å². The van der Waals surface area contributed by atoms with Crippen LogP contribution in [-0.4, -0.2) is 19.8 Å². The van der Waals surface area contributed by atoms with E-state index in [1.54, 1.807) is 0 Å². The molecule has 2 nitrogen and oxygen atoms in total. The minimum Gasteiger partial charge on any atom is -0.382 e. The first-order valence-corrected chi connectivity index (χ1v) is 7.06. The van der Waals surface area contributed by atoms with Crippen molar-refractivity contribution in [2.24, 2.45) is 0 Å². The number of nitrogens with one attached hydrogen (secondary N) is 1. The number of rotatable bonds is 9. The molecule has 0 amide bonds. The van der Waals surface area contributed by atoms with E-state index in [1.807, 2.05) is 13.8 Å². The normalized spacial score (nSPS) is 12.7. The molecule has 0 aliphatic rings. The Bertz CT molecular complexity index is 412. The average molecular weight is 289 g/mol. The van der Waals surface area contributed by atoms with E-state index in [0.29, 0.717) is 26.2 Å². The number of ether oxygens (including phenoxy) is 1. The zero-order valence-corrected chi connectivity index (χ0v) is 12.0. The molecule has 1 unspecified atom stereocenters.